The summed E-state index contributed by atoms with van der Waals surface area (Å²) >= 11 is 0. The van der Waals surface area contributed by atoms with Crippen LogP contribution in [0.1, 0.15) is 24.3 Å². The molecule has 3 rings (SSSR count). The number of nitrogens with one attached hydrogen (secondary N) is 1. The molecule has 2 aliphatic rings. The van der Waals surface area contributed by atoms with Crippen LogP contribution in [0.25, 0.3) is 0 Å². The molecular weight excluding hydrogens is 233 g/mol. The standard InChI is InChI=1S/C12H16BNO4/c15-13(16)11-9(8-3-5-14-6-4-8)1-2-10-12(11)18-7-17-10/h1-2,8,14-16H,3-7H2. The fraction of sp³-hybridized carbons (Fsp3) is 0.500. The molecule has 3 N–H and O–H groups in total. The molecule has 0 saturated carbocycles. The summed E-state index contributed by atoms with van der Waals surface area (Å²) in [5.74, 6) is 1.43. The molecule has 0 aliphatic carbocycles. The maximum absolute atomic E-state index is 9.60. The Morgan fingerprint density at radius 1 is 1.17 bits per heavy atom. The van der Waals surface area contributed by atoms with Gasteiger partial charge in [-0.25, -0.2) is 0 Å². The molecule has 2 aliphatic heterocycles. The van der Waals surface area contributed by atoms with Crippen molar-refractivity contribution in [1.29, 1.82) is 0 Å². The van der Waals surface area contributed by atoms with Crippen molar-refractivity contribution in [1.82, 2.24) is 5.32 Å². The Balaban J connectivity index is 2.02. The van der Waals surface area contributed by atoms with Crippen LogP contribution in [0.5, 0.6) is 11.5 Å². The molecule has 18 heavy (non-hydrogen) atoms. The first-order chi connectivity index (χ1) is 8.77. The number of benzene rings is 1. The molecule has 1 aromatic rings. The average Bonchev–Trinajstić information content (AvgIpc) is 2.86. The van der Waals surface area contributed by atoms with Crippen LogP contribution in [0.3, 0.4) is 0 Å². The number of fused-ring (bicyclic) bond motifs is 1. The minimum absolute atomic E-state index is 0.144. The van der Waals surface area contributed by atoms with E-state index in [0.29, 0.717) is 22.9 Å². The highest BCUT2D eigenvalue weighted by Crippen LogP contribution is 2.35. The lowest BCUT2D eigenvalue weighted by Crippen LogP contribution is -2.37. The molecule has 6 heteroatoms. The maximum atomic E-state index is 9.60. The lowest BCUT2D eigenvalue weighted by molar-refractivity contribution is 0.174. The van der Waals surface area contributed by atoms with E-state index in [1.807, 2.05) is 12.1 Å². The summed E-state index contributed by atoms with van der Waals surface area (Å²) in [6, 6.07) is 3.78. The van der Waals surface area contributed by atoms with Crippen molar-refractivity contribution in [3.8, 4) is 11.5 Å². The van der Waals surface area contributed by atoms with E-state index in [4.69, 9.17) is 9.47 Å². The van der Waals surface area contributed by atoms with Gasteiger partial charge in [-0.3, -0.25) is 0 Å². The highest BCUT2D eigenvalue weighted by atomic mass is 16.7. The zero-order chi connectivity index (χ0) is 12.5. The zero-order valence-electron chi connectivity index (χ0n) is 10.1. The topological polar surface area (TPSA) is 71.0 Å². The molecule has 1 aromatic carbocycles. The van der Waals surface area contributed by atoms with E-state index in [0.717, 1.165) is 31.5 Å². The molecule has 0 spiro atoms. The largest absolute Gasteiger partial charge is 0.492 e. The lowest BCUT2D eigenvalue weighted by atomic mass is 9.71. The average molecular weight is 249 g/mol. The van der Waals surface area contributed by atoms with E-state index in [1.54, 1.807) is 0 Å². The third-order valence-corrected chi connectivity index (χ3v) is 3.65. The van der Waals surface area contributed by atoms with Gasteiger partial charge in [0.05, 0.1) is 0 Å². The van der Waals surface area contributed by atoms with Gasteiger partial charge in [0, 0.05) is 5.46 Å². The predicted molar refractivity (Wildman–Crippen MR) is 67.2 cm³/mol. The quantitative estimate of drug-likeness (QED) is 0.620. The Morgan fingerprint density at radius 3 is 2.67 bits per heavy atom. The van der Waals surface area contributed by atoms with Crippen molar-refractivity contribution < 1.29 is 19.5 Å². The van der Waals surface area contributed by atoms with Gasteiger partial charge in [-0.15, -0.1) is 0 Å². The predicted octanol–water partition coefficient (Wildman–Crippen LogP) is -0.438. The monoisotopic (exact) mass is 249 g/mol. The van der Waals surface area contributed by atoms with Crippen LogP contribution in [-0.4, -0.2) is 37.0 Å². The second-order valence-corrected chi connectivity index (χ2v) is 4.70. The molecular formula is C12H16BNO4. The number of piperidine rings is 1. The number of rotatable bonds is 2. The third-order valence-electron chi connectivity index (χ3n) is 3.65. The summed E-state index contributed by atoms with van der Waals surface area (Å²) in [5.41, 5.74) is 1.44. The van der Waals surface area contributed by atoms with Crippen molar-refractivity contribution in [2.75, 3.05) is 19.9 Å². The molecule has 1 fully saturated rings. The second kappa shape index (κ2) is 4.80. The van der Waals surface area contributed by atoms with Crippen molar-refractivity contribution in [2.24, 2.45) is 0 Å². The lowest BCUT2D eigenvalue weighted by Gasteiger charge is -2.25. The smallest absolute Gasteiger partial charge is 0.454 e. The zero-order valence-corrected chi connectivity index (χ0v) is 10.1. The summed E-state index contributed by atoms with van der Waals surface area (Å²) < 4.78 is 10.6. The fourth-order valence-corrected chi connectivity index (χ4v) is 2.76. The van der Waals surface area contributed by atoms with Gasteiger partial charge in [0.1, 0.15) is 0 Å². The maximum Gasteiger partial charge on any atom is 0.492 e. The molecule has 5 nitrogen and oxygen atoms in total. The summed E-state index contributed by atoms with van der Waals surface area (Å²) in [6.07, 6.45) is 2.00. The van der Waals surface area contributed by atoms with Crippen molar-refractivity contribution in [2.45, 2.75) is 18.8 Å². The molecule has 2 heterocycles. The van der Waals surface area contributed by atoms with E-state index in [1.165, 1.54) is 0 Å². The fourth-order valence-electron chi connectivity index (χ4n) is 2.76. The van der Waals surface area contributed by atoms with E-state index in [2.05, 4.69) is 5.32 Å². The highest BCUT2D eigenvalue weighted by Gasteiger charge is 2.31. The van der Waals surface area contributed by atoms with E-state index in [9.17, 15) is 10.0 Å². The van der Waals surface area contributed by atoms with E-state index < -0.39 is 7.12 Å². The van der Waals surface area contributed by atoms with Crippen molar-refractivity contribution in [3.63, 3.8) is 0 Å². The first-order valence-corrected chi connectivity index (χ1v) is 6.26. The second-order valence-electron chi connectivity index (χ2n) is 4.70. The van der Waals surface area contributed by atoms with Crippen molar-refractivity contribution in [3.05, 3.63) is 17.7 Å². The third kappa shape index (κ3) is 1.96. The van der Waals surface area contributed by atoms with Crippen LogP contribution in [0.2, 0.25) is 0 Å². The molecule has 96 valence electrons. The summed E-state index contributed by atoms with van der Waals surface area (Å²) in [5, 5.41) is 22.5. The van der Waals surface area contributed by atoms with Crippen LogP contribution in [0, 0.1) is 0 Å². The van der Waals surface area contributed by atoms with Gasteiger partial charge >= 0.3 is 7.12 Å². The van der Waals surface area contributed by atoms with Crippen LogP contribution >= 0.6 is 0 Å². The van der Waals surface area contributed by atoms with Gasteiger partial charge in [-0.1, -0.05) is 6.07 Å². The van der Waals surface area contributed by atoms with Gasteiger partial charge in [-0.2, -0.15) is 0 Å². The number of ether oxygens (including phenoxy) is 2. The Labute approximate surface area is 106 Å². The van der Waals surface area contributed by atoms with E-state index in [-0.39, 0.29) is 6.79 Å². The molecule has 0 aromatic heterocycles. The van der Waals surface area contributed by atoms with Gasteiger partial charge in [0.25, 0.3) is 0 Å². The Morgan fingerprint density at radius 2 is 1.94 bits per heavy atom. The van der Waals surface area contributed by atoms with E-state index >= 15 is 0 Å². The minimum atomic E-state index is -1.52. The molecule has 0 radical (unpaired) electrons. The first-order valence-electron chi connectivity index (χ1n) is 6.26. The van der Waals surface area contributed by atoms with Crippen LogP contribution in [-0.2, 0) is 0 Å². The molecule has 1 saturated heterocycles. The van der Waals surface area contributed by atoms with Gasteiger partial charge in [0.15, 0.2) is 11.5 Å². The SMILES string of the molecule is OB(O)c1c(C2CCNCC2)ccc2c1OCO2. The van der Waals surface area contributed by atoms with Gasteiger partial charge < -0.3 is 24.8 Å². The van der Waals surface area contributed by atoms with Crippen molar-refractivity contribution >= 4 is 12.6 Å². The summed E-state index contributed by atoms with van der Waals surface area (Å²) in [6.45, 7) is 2.06. The Hall–Kier alpha value is -1.24. The van der Waals surface area contributed by atoms with Crippen LogP contribution < -0.4 is 20.3 Å². The Bertz CT molecular complexity index is 446. The van der Waals surface area contributed by atoms with Gasteiger partial charge in [-0.05, 0) is 43.5 Å². The molecule has 0 amide bonds. The Kier molecular flexibility index (Phi) is 3.15. The van der Waals surface area contributed by atoms with Gasteiger partial charge in [0.2, 0.25) is 6.79 Å². The van der Waals surface area contributed by atoms with Crippen LogP contribution in [0.4, 0.5) is 0 Å². The minimum Gasteiger partial charge on any atom is -0.454 e. The normalized spacial score (nSPS) is 19.0. The molecule has 0 bridgehead atoms. The first kappa shape index (κ1) is 11.8. The molecule has 0 unspecified atom stereocenters. The molecule has 0 atom stereocenters. The summed E-state index contributed by atoms with van der Waals surface area (Å²) in [7, 11) is -1.52. The number of hydrogen-bond donors (Lipinski definition) is 3. The summed E-state index contributed by atoms with van der Waals surface area (Å²) in [4.78, 5) is 0. The number of hydrogen-bond acceptors (Lipinski definition) is 5. The van der Waals surface area contributed by atoms with Crippen LogP contribution in [0.15, 0.2) is 12.1 Å². The highest BCUT2D eigenvalue weighted by molar-refractivity contribution is 6.60.